The van der Waals surface area contributed by atoms with Crippen molar-refractivity contribution in [3.8, 4) is 0 Å². The van der Waals surface area contributed by atoms with E-state index in [9.17, 15) is 9.18 Å². The van der Waals surface area contributed by atoms with Crippen LogP contribution in [0.2, 0.25) is 0 Å². The van der Waals surface area contributed by atoms with Crippen LogP contribution >= 0.6 is 0 Å². The molecule has 1 amide bonds. The zero-order chi connectivity index (χ0) is 20.1. The molecule has 1 saturated heterocycles. The molecule has 0 saturated carbocycles. The Morgan fingerprint density at radius 3 is 2.62 bits per heavy atom. The Bertz CT molecular complexity index is 945. The fourth-order valence-corrected chi connectivity index (χ4v) is 3.46. The number of halogens is 1. The number of carbonyl (C=O) groups is 1. The van der Waals surface area contributed by atoms with Gasteiger partial charge in [-0.25, -0.2) is 9.37 Å². The van der Waals surface area contributed by atoms with Gasteiger partial charge in [0.05, 0.1) is 5.56 Å². The predicted octanol–water partition coefficient (Wildman–Crippen LogP) is 3.30. The highest BCUT2D eigenvalue weighted by Crippen LogP contribution is 2.21. The summed E-state index contributed by atoms with van der Waals surface area (Å²) in [5.41, 5.74) is 2.61. The van der Waals surface area contributed by atoms with Crippen molar-refractivity contribution < 1.29 is 9.18 Å². The number of hydrogen-bond donors (Lipinski definition) is 2. The molecule has 0 aliphatic carbocycles. The molecule has 2 heterocycles. The highest BCUT2D eigenvalue weighted by atomic mass is 19.1. The van der Waals surface area contributed by atoms with E-state index in [4.69, 9.17) is 0 Å². The minimum atomic E-state index is -0.290. The van der Waals surface area contributed by atoms with Crippen molar-refractivity contribution in [1.82, 2.24) is 15.6 Å². The molecule has 1 aliphatic heterocycles. The van der Waals surface area contributed by atoms with E-state index in [2.05, 4.69) is 32.7 Å². The highest BCUT2D eigenvalue weighted by molar-refractivity contribution is 5.94. The van der Waals surface area contributed by atoms with Crippen LogP contribution in [0.1, 0.15) is 27.5 Å². The Morgan fingerprint density at radius 1 is 1.10 bits per heavy atom. The summed E-state index contributed by atoms with van der Waals surface area (Å²) in [5.74, 6) is 0.376. The largest absolute Gasteiger partial charge is 0.353 e. The number of pyridine rings is 1. The van der Waals surface area contributed by atoms with E-state index in [0.717, 1.165) is 31.0 Å². The van der Waals surface area contributed by atoms with E-state index >= 15 is 0 Å². The maximum absolute atomic E-state index is 13.0. The van der Waals surface area contributed by atoms with Crippen LogP contribution in [-0.2, 0) is 6.54 Å². The molecule has 6 heteroatoms. The SMILES string of the molecule is O=C(NCc1ccc(F)cc1)c1ccc(N2CCN[C@H](c3ccccc3)C2)nc1. The first-order valence-electron chi connectivity index (χ1n) is 9.71. The first kappa shape index (κ1) is 19.1. The second-order valence-electron chi connectivity index (χ2n) is 7.08. The van der Waals surface area contributed by atoms with Crippen molar-refractivity contribution in [2.24, 2.45) is 0 Å². The molecule has 1 atom stereocenters. The molecular formula is C23H23FN4O. The van der Waals surface area contributed by atoms with Crippen molar-refractivity contribution in [3.63, 3.8) is 0 Å². The third-order valence-electron chi connectivity index (χ3n) is 5.08. The van der Waals surface area contributed by atoms with Gasteiger partial charge in [0.1, 0.15) is 11.6 Å². The van der Waals surface area contributed by atoms with Crippen LogP contribution in [0.3, 0.4) is 0 Å². The molecule has 0 unspecified atom stereocenters. The zero-order valence-corrected chi connectivity index (χ0v) is 16.0. The molecule has 0 spiro atoms. The Hall–Kier alpha value is -3.25. The van der Waals surface area contributed by atoms with Crippen molar-refractivity contribution in [1.29, 1.82) is 0 Å². The van der Waals surface area contributed by atoms with E-state index in [0.29, 0.717) is 12.1 Å². The normalized spacial score (nSPS) is 16.4. The minimum absolute atomic E-state index is 0.198. The lowest BCUT2D eigenvalue weighted by Crippen LogP contribution is -2.46. The van der Waals surface area contributed by atoms with Gasteiger partial charge in [-0.05, 0) is 35.4 Å². The molecule has 2 N–H and O–H groups in total. The van der Waals surface area contributed by atoms with Crippen LogP contribution in [0, 0.1) is 5.82 Å². The van der Waals surface area contributed by atoms with Gasteiger partial charge >= 0.3 is 0 Å². The van der Waals surface area contributed by atoms with Crippen molar-refractivity contribution in [3.05, 3.63) is 95.4 Å². The van der Waals surface area contributed by atoms with E-state index in [1.54, 1.807) is 24.4 Å². The Labute approximate surface area is 169 Å². The van der Waals surface area contributed by atoms with Gasteiger partial charge in [0, 0.05) is 38.4 Å². The van der Waals surface area contributed by atoms with Crippen molar-refractivity contribution in [2.75, 3.05) is 24.5 Å². The van der Waals surface area contributed by atoms with Gasteiger partial charge in [-0.3, -0.25) is 4.79 Å². The maximum atomic E-state index is 13.0. The summed E-state index contributed by atoms with van der Waals surface area (Å²) in [5, 5.41) is 6.38. The van der Waals surface area contributed by atoms with Gasteiger partial charge in [-0.15, -0.1) is 0 Å². The van der Waals surface area contributed by atoms with Crippen LogP contribution in [0.15, 0.2) is 72.9 Å². The minimum Gasteiger partial charge on any atom is -0.353 e. The molecule has 0 radical (unpaired) electrons. The number of anilines is 1. The summed E-state index contributed by atoms with van der Waals surface area (Å²) in [6.07, 6.45) is 1.61. The average molecular weight is 390 g/mol. The van der Waals surface area contributed by atoms with Crippen molar-refractivity contribution >= 4 is 11.7 Å². The lowest BCUT2D eigenvalue weighted by molar-refractivity contribution is 0.0950. The summed E-state index contributed by atoms with van der Waals surface area (Å²) < 4.78 is 13.0. The summed E-state index contributed by atoms with van der Waals surface area (Å²) >= 11 is 0. The van der Waals surface area contributed by atoms with E-state index < -0.39 is 0 Å². The van der Waals surface area contributed by atoms with E-state index in [-0.39, 0.29) is 17.8 Å². The summed E-state index contributed by atoms with van der Waals surface area (Å²) in [4.78, 5) is 19.1. The number of hydrogen-bond acceptors (Lipinski definition) is 4. The second kappa shape index (κ2) is 8.84. The predicted molar refractivity (Wildman–Crippen MR) is 111 cm³/mol. The Morgan fingerprint density at radius 2 is 1.90 bits per heavy atom. The number of nitrogens with zero attached hydrogens (tertiary/aromatic N) is 2. The molecule has 0 bridgehead atoms. The van der Waals surface area contributed by atoms with E-state index in [1.165, 1.54) is 17.7 Å². The molecule has 1 aliphatic rings. The first-order valence-corrected chi connectivity index (χ1v) is 9.71. The van der Waals surface area contributed by atoms with Crippen LogP contribution < -0.4 is 15.5 Å². The van der Waals surface area contributed by atoms with Crippen LogP contribution in [0.4, 0.5) is 10.2 Å². The average Bonchev–Trinajstić information content (AvgIpc) is 2.79. The number of nitrogens with one attached hydrogen (secondary N) is 2. The first-order chi connectivity index (χ1) is 14.2. The van der Waals surface area contributed by atoms with Crippen molar-refractivity contribution in [2.45, 2.75) is 12.6 Å². The van der Waals surface area contributed by atoms with Gasteiger partial charge in [0.25, 0.3) is 5.91 Å². The molecule has 4 rings (SSSR count). The van der Waals surface area contributed by atoms with Crippen LogP contribution in [-0.4, -0.2) is 30.5 Å². The molecule has 148 valence electrons. The van der Waals surface area contributed by atoms with Gasteiger partial charge in [0.15, 0.2) is 0 Å². The monoisotopic (exact) mass is 390 g/mol. The lowest BCUT2D eigenvalue weighted by Gasteiger charge is -2.34. The standard InChI is InChI=1S/C23H23FN4O/c24-20-9-6-17(7-10-20)14-27-23(29)19-8-11-22(26-15-19)28-13-12-25-21(16-28)18-4-2-1-3-5-18/h1-11,15,21,25H,12-14,16H2,(H,27,29)/t21-/m0/s1. The molecular weight excluding hydrogens is 367 g/mol. The molecule has 3 aromatic rings. The fraction of sp³-hybridized carbons (Fsp3) is 0.217. The summed E-state index contributed by atoms with van der Waals surface area (Å²) in [7, 11) is 0. The third kappa shape index (κ3) is 4.78. The highest BCUT2D eigenvalue weighted by Gasteiger charge is 2.21. The number of carbonyl (C=O) groups excluding carboxylic acids is 1. The van der Waals surface area contributed by atoms with Crippen LogP contribution in [0.25, 0.3) is 0 Å². The molecule has 2 aromatic carbocycles. The Balaban J connectivity index is 1.37. The number of amides is 1. The summed E-state index contributed by atoms with van der Waals surface area (Å²) in [6, 6.07) is 20.4. The lowest BCUT2D eigenvalue weighted by atomic mass is 10.0. The summed E-state index contributed by atoms with van der Waals surface area (Å²) in [6.45, 7) is 2.91. The van der Waals surface area contributed by atoms with Gasteiger partial charge in [-0.1, -0.05) is 42.5 Å². The maximum Gasteiger partial charge on any atom is 0.253 e. The number of piperazine rings is 1. The third-order valence-corrected chi connectivity index (χ3v) is 5.08. The Kier molecular flexibility index (Phi) is 5.81. The fourth-order valence-electron chi connectivity index (χ4n) is 3.46. The number of rotatable bonds is 5. The van der Waals surface area contributed by atoms with Gasteiger partial charge in [-0.2, -0.15) is 0 Å². The molecule has 1 aromatic heterocycles. The van der Waals surface area contributed by atoms with Gasteiger partial charge in [0.2, 0.25) is 0 Å². The van der Waals surface area contributed by atoms with Crippen LogP contribution in [0.5, 0.6) is 0 Å². The topological polar surface area (TPSA) is 57.3 Å². The molecule has 29 heavy (non-hydrogen) atoms. The molecule has 1 fully saturated rings. The quantitative estimate of drug-likeness (QED) is 0.702. The van der Waals surface area contributed by atoms with E-state index in [1.807, 2.05) is 24.3 Å². The smallest absolute Gasteiger partial charge is 0.253 e. The van der Waals surface area contributed by atoms with Gasteiger partial charge < -0.3 is 15.5 Å². The second-order valence-corrected chi connectivity index (χ2v) is 7.08. The zero-order valence-electron chi connectivity index (χ0n) is 16.0. The number of aromatic nitrogens is 1. The number of benzene rings is 2. The molecule has 5 nitrogen and oxygen atoms in total.